The Morgan fingerprint density at radius 3 is 1.75 bits per heavy atom. The average molecular weight is 451 g/mol. The van der Waals surface area contributed by atoms with Gasteiger partial charge in [0.25, 0.3) is 0 Å². The minimum atomic E-state index is -1.59. The van der Waals surface area contributed by atoms with E-state index in [9.17, 15) is 0 Å². The fraction of sp³-hybridized carbons (Fsp3) is 0.375. The molecule has 112 valence electrons. The molecule has 2 rings (SSSR count). The van der Waals surface area contributed by atoms with Crippen LogP contribution in [-0.4, -0.2) is 9.98 Å². The molecule has 0 amide bonds. The van der Waals surface area contributed by atoms with Crippen LogP contribution in [-0.2, 0) is 16.2 Å². The Hall–Kier alpha value is 0.706. The number of aryl methyl sites for hydroxylation is 4. The zero-order valence-electron chi connectivity index (χ0n) is 13.2. The fourth-order valence-corrected chi connectivity index (χ4v) is 1.42. The molecule has 0 fully saturated rings. The first kappa shape index (κ1) is 20.7. The molecule has 0 nitrogen and oxygen atoms in total. The van der Waals surface area contributed by atoms with Gasteiger partial charge in [0.15, 0.2) is 0 Å². The van der Waals surface area contributed by atoms with Crippen LogP contribution in [0, 0.1) is 27.7 Å². The minimum absolute atomic E-state index is 0.735. The number of rotatable bonds is 0. The van der Waals surface area contributed by atoms with Crippen LogP contribution in [0.3, 0.4) is 0 Å². The van der Waals surface area contributed by atoms with E-state index in [1.54, 1.807) is 0 Å². The summed E-state index contributed by atoms with van der Waals surface area (Å²) in [6.45, 7) is 8.49. The summed E-state index contributed by atoms with van der Waals surface area (Å²) in [7, 11) is 10.6. The quantitative estimate of drug-likeness (QED) is 0.330. The van der Waals surface area contributed by atoms with Crippen LogP contribution >= 0.6 is 17.0 Å². The molecule has 0 N–H and O–H groups in total. The summed E-state index contributed by atoms with van der Waals surface area (Å²) in [5.74, 6) is 4.46. The Labute approximate surface area is 140 Å². The van der Waals surface area contributed by atoms with Crippen molar-refractivity contribution in [2.24, 2.45) is 0 Å². The van der Waals surface area contributed by atoms with Gasteiger partial charge in [-0.05, 0) is 0 Å². The van der Waals surface area contributed by atoms with Crippen molar-refractivity contribution in [1.29, 1.82) is 0 Å². The molecule has 0 aliphatic heterocycles. The number of hydrogen-bond donors (Lipinski definition) is 0. The first-order valence-electron chi connectivity index (χ1n) is 6.61. The molecule has 0 bridgehead atoms. The summed E-state index contributed by atoms with van der Waals surface area (Å²) >= 11 is -1.59. The predicted molar refractivity (Wildman–Crippen MR) is 92.2 cm³/mol. The van der Waals surface area contributed by atoms with Crippen molar-refractivity contribution in [3.8, 4) is 0 Å². The molecule has 0 atom stereocenters. The SMILES string of the molecule is Cc1cc(C)c(C)[cH-]1.Cc1cc[cH-]c1.[CH3][Ge]([CH3])=[Zr]([Cl])[Cl]. The van der Waals surface area contributed by atoms with E-state index in [4.69, 9.17) is 17.0 Å². The number of halogens is 2. The van der Waals surface area contributed by atoms with E-state index in [1.165, 1.54) is 22.3 Å². The van der Waals surface area contributed by atoms with E-state index in [-0.39, 0.29) is 0 Å². The van der Waals surface area contributed by atoms with Gasteiger partial charge >= 0.3 is 54.8 Å². The summed E-state index contributed by atoms with van der Waals surface area (Å²) in [5.41, 5.74) is 5.53. The maximum atomic E-state index is 5.65. The van der Waals surface area contributed by atoms with E-state index in [0.717, 1.165) is 0 Å². The van der Waals surface area contributed by atoms with Crippen LogP contribution in [0.1, 0.15) is 22.3 Å². The average Bonchev–Trinajstić information content (AvgIpc) is 2.91. The topological polar surface area (TPSA) is 0 Å². The normalized spacial score (nSPS) is 9.00. The van der Waals surface area contributed by atoms with E-state index in [1.807, 2.05) is 12.1 Å². The molecule has 2 aromatic rings. The molecule has 2 aromatic carbocycles. The predicted octanol–water partition coefficient (Wildman–Crippen LogP) is 6.21. The molecule has 0 saturated heterocycles. The van der Waals surface area contributed by atoms with Gasteiger partial charge in [-0.25, -0.2) is 17.7 Å². The molecule has 4 heteroatoms. The van der Waals surface area contributed by atoms with E-state index in [2.05, 4.69) is 63.5 Å². The Morgan fingerprint density at radius 2 is 1.65 bits per heavy atom. The molecule has 0 aromatic heterocycles. The Morgan fingerprint density at radius 1 is 1.10 bits per heavy atom. The van der Waals surface area contributed by atoms with Crippen molar-refractivity contribution in [3.63, 3.8) is 0 Å². The van der Waals surface area contributed by atoms with E-state index >= 15 is 0 Å². The van der Waals surface area contributed by atoms with E-state index < -0.39 is 26.2 Å². The van der Waals surface area contributed by atoms with Crippen LogP contribution in [0.4, 0.5) is 0 Å². The number of hydrogen-bond acceptors (Lipinski definition) is 0. The summed E-state index contributed by atoms with van der Waals surface area (Å²) in [5, 5.41) is 0. The molecular formula is C16H24Cl2GeZr-2. The first-order valence-corrected chi connectivity index (χ1v) is 24.6. The second-order valence-electron chi connectivity index (χ2n) is 5.12. The Balaban J connectivity index is 0.000000276. The van der Waals surface area contributed by atoms with Gasteiger partial charge in [-0.2, -0.15) is 41.0 Å². The summed E-state index contributed by atoms with van der Waals surface area (Å²) in [6.07, 6.45) is 0. The molecule has 0 aliphatic rings. The van der Waals surface area contributed by atoms with Crippen molar-refractivity contribution in [3.05, 3.63) is 58.7 Å². The maximum absolute atomic E-state index is 5.65. The summed E-state index contributed by atoms with van der Waals surface area (Å²) in [4.78, 5) is 0. The van der Waals surface area contributed by atoms with Gasteiger partial charge in [0, 0.05) is 0 Å². The van der Waals surface area contributed by atoms with Gasteiger partial charge in [-0.1, -0.05) is 27.7 Å². The van der Waals surface area contributed by atoms with Crippen molar-refractivity contribution < 1.29 is 16.2 Å². The molecule has 0 aliphatic carbocycles. The summed E-state index contributed by atoms with van der Waals surface area (Å²) in [6, 6.07) is 12.6. The molecule has 0 heterocycles. The monoisotopic (exact) mass is 450 g/mol. The molecule has 20 heavy (non-hydrogen) atoms. The molecule has 0 spiro atoms. The molecule has 0 radical (unpaired) electrons. The van der Waals surface area contributed by atoms with E-state index in [0.29, 0.717) is 0 Å². The third-order valence-electron chi connectivity index (χ3n) is 2.72. The van der Waals surface area contributed by atoms with Gasteiger partial charge < -0.3 is 0 Å². The van der Waals surface area contributed by atoms with Gasteiger partial charge in [0.1, 0.15) is 0 Å². The van der Waals surface area contributed by atoms with Crippen LogP contribution in [0.5, 0.6) is 0 Å². The van der Waals surface area contributed by atoms with Crippen LogP contribution in [0.25, 0.3) is 0 Å². The van der Waals surface area contributed by atoms with Crippen molar-refractivity contribution in [2.75, 3.05) is 0 Å². The molecular weight excluding hydrogens is 427 g/mol. The summed E-state index contributed by atoms with van der Waals surface area (Å²) < 4.78 is 0. The van der Waals surface area contributed by atoms with Crippen LogP contribution in [0.2, 0.25) is 11.5 Å². The van der Waals surface area contributed by atoms with Gasteiger partial charge in [-0.3, -0.25) is 0 Å². The third-order valence-corrected chi connectivity index (χ3v) is 37.2. The van der Waals surface area contributed by atoms with Crippen molar-refractivity contribution >= 4 is 27.0 Å². The second kappa shape index (κ2) is 11.3. The van der Waals surface area contributed by atoms with Crippen LogP contribution < -0.4 is 0 Å². The Kier molecular flexibility index (Phi) is 11.7. The van der Waals surface area contributed by atoms with Gasteiger partial charge in [-0.15, -0.1) is 0 Å². The van der Waals surface area contributed by atoms with Crippen molar-refractivity contribution in [2.45, 2.75) is 39.2 Å². The first-order chi connectivity index (χ1) is 9.23. The van der Waals surface area contributed by atoms with Gasteiger partial charge in [0.2, 0.25) is 0 Å². The van der Waals surface area contributed by atoms with Crippen LogP contribution in [0.15, 0.2) is 36.4 Å². The fourth-order valence-electron chi connectivity index (χ4n) is 1.42. The zero-order chi connectivity index (χ0) is 15.7. The molecule has 0 saturated carbocycles. The third kappa shape index (κ3) is 10.4. The second-order valence-corrected chi connectivity index (χ2v) is 43.1. The standard InChI is InChI=1S/C8H11.C6H7.C2H6Ge.2ClH.Zr/c1-6-4-7(2)8(3)5-6;1-6-4-2-3-5-6;1-3-2;;;/h4-5H,1-3H3;2-5H,1H3;1-2H3;2*1H;/q2*-1;;;;+2/p-2. The van der Waals surface area contributed by atoms with Crippen molar-refractivity contribution in [1.82, 2.24) is 0 Å². The molecule has 0 unspecified atom stereocenters. The van der Waals surface area contributed by atoms with Gasteiger partial charge in [0.05, 0.1) is 0 Å². The Bertz CT molecular complexity index is 487. The zero-order valence-corrected chi connectivity index (χ0v) is 19.3.